The average Bonchev–Trinajstić information content (AvgIpc) is 2.60. The fourth-order valence-corrected chi connectivity index (χ4v) is 2.61. The van der Waals surface area contributed by atoms with Gasteiger partial charge in [-0.2, -0.15) is 0 Å². The molecule has 0 saturated heterocycles. The first kappa shape index (κ1) is 21.4. The number of benzene rings is 1. The second kappa shape index (κ2) is 15.3. The number of hydrogen-bond donors (Lipinski definition) is 0. The molecule has 0 heteroatoms. The first-order valence-electron chi connectivity index (χ1n) is 9.26. The summed E-state index contributed by atoms with van der Waals surface area (Å²) in [7, 11) is 0. The third-order valence-corrected chi connectivity index (χ3v) is 3.85. The van der Waals surface area contributed by atoms with Crippen molar-refractivity contribution in [2.75, 3.05) is 0 Å². The van der Waals surface area contributed by atoms with Gasteiger partial charge in [-0.1, -0.05) is 102 Å². The zero-order valence-corrected chi connectivity index (χ0v) is 15.7. The van der Waals surface area contributed by atoms with Crippen molar-refractivity contribution in [2.24, 2.45) is 5.92 Å². The molecule has 0 spiro atoms. The molecule has 0 nitrogen and oxygen atoms in total. The van der Waals surface area contributed by atoms with E-state index in [9.17, 15) is 0 Å². The smallest absolute Gasteiger partial charge is 0.0162 e. The number of allylic oxidation sites excluding steroid dienone is 5. The number of hydrogen-bond acceptors (Lipinski definition) is 0. The van der Waals surface area contributed by atoms with E-state index in [1.165, 1.54) is 36.8 Å². The fraction of sp³-hybridized carbons (Fsp3) is 0.478. The van der Waals surface area contributed by atoms with Crippen LogP contribution in [-0.4, -0.2) is 0 Å². The molecule has 1 rings (SSSR count). The molecule has 0 amide bonds. The van der Waals surface area contributed by atoms with Gasteiger partial charge in [-0.25, -0.2) is 0 Å². The molecule has 0 aliphatic heterocycles. The number of rotatable bonds is 9. The highest BCUT2D eigenvalue weighted by molar-refractivity contribution is 5.25. The normalized spacial score (nSPS) is 11.4. The maximum Gasteiger partial charge on any atom is -0.0162 e. The van der Waals surface area contributed by atoms with E-state index in [1.54, 1.807) is 0 Å². The molecule has 0 radical (unpaired) electrons. The molecular weight excluding hydrogens is 276 g/mol. The molecule has 23 heavy (non-hydrogen) atoms. The lowest BCUT2D eigenvalue weighted by molar-refractivity contribution is 0.512. The van der Waals surface area contributed by atoms with Crippen molar-refractivity contribution in [3.05, 3.63) is 72.4 Å². The first-order valence-corrected chi connectivity index (χ1v) is 9.26. The molecular formula is C23H36. The van der Waals surface area contributed by atoms with Crippen LogP contribution < -0.4 is 0 Å². The van der Waals surface area contributed by atoms with E-state index in [-0.39, 0.29) is 0 Å². The van der Waals surface area contributed by atoms with E-state index in [0.717, 1.165) is 18.8 Å². The Labute approximate surface area is 145 Å². The summed E-state index contributed by atoms with van der Waals surface area (Å²) in [6.45, 7) is 12.7. The number of aryl methyl sites for hydroxylation is 1. The van der Waals surface area contributed by atoms with Crippen LogP contribution >= 0.6 is 0 Å². The van der Waals surface area contributed by atoms with Crippen molar-refractivity contribution in [2.45, 2.75) is 66.2 Å². The first-order chi connectivity index (χ1) is 11.2. The van der Waals surface area contributed by atoms with Gasteiger partial charge in [0.1, 0.15) is 0 Å². The predicted molar refractivity (Wildman–Crippen MR) is 107 cm³/mol. The summed E-state index contributed by atoms with van der Waals surface area (Å²) < 4.78 is 0. The molecule has 128 valence electrons. The van der Waals surface area contributed by atoms with Gasteiger partial charge in [0.2, 0.25) is 0 Å². The molecule has 0 fully saturated rings. The van der Waals surface area contributed by atoms with E-state index in [2.05, 4.69) is 76.8 Å². The monoisotopic (exact) mass is 312 g/mol. The molecule has 0 atom stereocenters. The molecule has 0 aromatic heterocycles. The van der Waals surface area contributed by atoms with Crippen LogP contribution in [0.5, 0.6) is 0 Å². The highest BCUT2D eigenvalue weighted by Crippen LogP contribution is 2.24. The fourth-order valence-electron chi connectivity index (χ4n) is 2.61. The lowest BCUT2D eigenvalue weighted by atomic mass is 9.89. The standard InChI is InChI=1S/C15H26.C8H10/c1-5-9-13-15(12-8-4)14(10-6-2)11-7-3;1-2-8-6-4-3-5-7-8/h8-9,12-14H,4-7,10-11H2,1-3H3;3-7H,2H2,1H3/b13-9-,15-12+;. The largest absolute Gasteiger partial charge is 0.0991 e. The van der Waals surface area contributed by atoms with Crippen molar-refractivity contribution in [1.82, 2.24) is 0 Å². The molecule has 0 bridgehead atoms. The Morgan fingerprint density at radius 3 is 2.00 bits per heavy atom. The second-order valence-electron chi connectivity index (χ2n) is 5.83. The van der Waals surface area contributed by atoms with E-state index in [1.807, 2.05) is 12.1 Å². The van der Waals surface area contributed by atoms with Crippen LogP contribution in [0, 0.1) is 5.92 Å². The summed E-state index contributed by atoms with van der Waals surface area (Å²) in [5.74, 6) is 0.723. The Morgan fingerprint density at radius 1 is 1.00 bits per heavy atom. The Balaban J connectivity index is 0.000000502. The van der Waals surface area contributed by atoms with Gasteiger partial charge >= 0.3 is 0 Å². The minimum Gasteiger partial charge on any atom is -0.0991 e. The summed E-state index contributed by atoms with van der Waals surface area (Å²) >= 11 is 0. The maximum atomic E-state index is 3.80. The summed E-state index contributed by atoms with van der Waals surface area (Å²) in [5.41, 5.74) is 2.86. The predicted octanol–water partition coefficient (Wildman–Crippen LogP) is 7.53. The molecule has 0 aliphatic rings. The molecule has 1 aromatic carbocycles. The SMILES string of the molecule is C=C/C=C(\C=C/CC)C(CCC)CCC.CCc1ccccc1. The van der Waals surface area contributed by atoms with E-state index < -0.39 is 0 Å². The zero-order chi connectivity index (χ0) is 17.3. The second-order valence-corrected chi connectivity index (χ2v) is 5.83. The summed E-state index contributed by atoms with van der Waals surface area (Å²) in [5, 5.41) is 0. The minimum atomic E-state index is 0.723. The van der Waals surface area contributed by atoms with Crippen LogP contribution in [0.3, 0.4) is 0 Å². The van der Waals surface area contributed by atoms with Crippen LogP contribution in [-0.2, 0) is 6.42 Å². The van der Waals surface area contributed by atoms with E-state index in [0.29, 0.717) is 0 Å². The van der Waals surface area contributed by atoms with Crippen molar-refractivity contribution in [3.63, 3.8) is 0 Å². The average molecular weight is 313 g/mol. The van der Waals surface area contributed by atoms with Crippen LogP contribution in [0.25, 0.3) is 0 Å². The van der Waals surface area contributed by atoms with E-state index in [4.69, 9.17) is 0 Å². The van der Waals surface area contributed by atoms with Crippen LogP contribution in [0.4, 0.5) is 0 Å². The third kappa shape index (κ3) is 10.7. The van der Waals surface area contributed by atoms with Crippen LogP contribution in [0.15, 0.2) is 66.8 Å². The highest BCUT2D eigenvalue weighted by Gasteiger charge is 2.09. The molecule has 0 unspecified atom stereocenters. The molecule has 0 N–H and O–H groups in total. The minimum absolute atomic E-state index is 0.723. The molecule has 0 heterocycles. The van der Waals surface area contributed by atoms with Gasteiger partial charge in [0, 0.05) is 0 Å². The van der Waals surface area contributed by atoms with Gasteiger partial charge in [-0.15, -0.1) is 0 Å². The van der Waals surface area contributed by atoms with Gasteiger partial charge in [0.25, 0.3) is 0 Å². The van der Waals surface area contributed by atoms with Gasteiger partial charge in [0.05, 0.1) is 0 Å². The van der Waals surface area contributed by atoms with Gasteiger partial charge in [-0.05, 0) is 42.7 Å². The Kier molecular flexibility index (Phi) is 14.3. The Morgan fingerprint density at radius 2 is 1.61 bits per heavy atom. The third-order valence-electron chi connectivity index (χ3n) is 3.85. The summed E-state index contributed by atoms with van der Waals surface area (Å²) in [4.78, 5) is 0. The lowest BCUT2D eigenvalue weighted by Gasteiger charge is -2.16. The molecule has 0 saturated carbocycles. The zero-order valence-electron chi connectivity index (χ0n) is 15.7. The van der Waals surface area contributed by atoms with Crippen molar-refractivity contribution in [1.29, 1.82) is 0 Å². The topological polar surface area (TPSA) is 0 Å². The lowest BCUT2D eigenvalue weighted by Crippen LogP contribution is -2.02. The molecule has 0 aliphatic carbocycles. The Hall–Kier alpha value is -1.56. The summed E-state index contributed by atoms with van der Waals surface area (Å²) in [6, 6.07) is 10.5. The van der Waals surface area contributed by atoms with Gasteiger partial charge < -0.3 is 0 Å². The van der Waals surface area contributed by atoms with Gasteiger partial charge in [-0.3, -0.25) is 0 Å². The van der Waals surface area contributed by atoms with Crippen LogP contribution in [0.1, 0.15) is 65.4 Å². The van der Waals surface area contributed by atoms with E-state index >= 15 is 0 Å². The maximum absolute atomic E-state index is 3.80. The quantitative estimate of drug-likeness (QED) is 0.413. The van der Waals surface area contributed by atoms with Crippen LogP contribution in [0.2, 0.25) is 0 Å². The summed E-state index contributed by atoms with van der Waals surface area (Å²) in [6.07, 6.45) is 16.0. The molecule has 1 aromatic rings. The Bertz CT molecular complexity index is 430. The van der Waals surface area contributed by atoms with Gasteiger partial charge in [0.15, 0.2) is 0 Å². The van der Waals surface area contributed by atoms with Crippen molar-refractivity contribution in [3.8, 4) is 0 Å². The van der Waals surface area contributed by atoms with Crippen molar-refractivity contribution >= 4 is 0 Å². The highest BCUT2D eigenvalue weighted by atomic mass is 14.1. The van der Waals surface area contributed by atoms with Crippen molar-refractivity contribution < 1.29 is 0 Å².